The van der Waals surface area contributed by atoms with Crippen molar-refractivity contribution in [2.45, 2.75) is 13.5 Å². The first-order valence-electron chi connectivity index (χ1n) is 8.21. The Labute approximate surface area is 153 Å². The molecule has 1 saturated heterocycles. The van der Waals surface area contributed by atoms with Gasteiger partial charge in [0.25, 0.3) is 5.56 Å². The highest BCUT2D eigenvalue weighted by Crippen LogP contribution is 2.27. The fraction of sp³-hybridized carbons (Fsp3) is 0.444. The highest BCUT2D eigenvalue weighted by molar-refractivity contribution is 5.85. The predicted molar refractivity (Wildman–Crippen MR) is 99.7 cm³/mol. The minimum Gasteiger partial charge on any atom is -0.496 e. The van der Waals surface area contributed by atoms with E-state index >= 15 is 0 Å². The number of ether oxygens (including phenoxy) is 2. The van der Waals surface area contributed by atoms with Gasteiger partial charge in [0.1, 0.15) is 5.75 Å². The van der Waals surface area contributed by atoms with Crippen molar-refractivity contribution in [2.24, 2.45) is 0 Å². The van der Waals surface area contributed by atoms with Gasteiger partial charge in [0.05, 0.1) is 32.6 Å². The maximum absolute atomic E-state index is 12.4. The predicted octanol–water partition coefficient (Wildman–Crippen LogP) is 1.98. The summed E-state index contributed by atoms with van der Waals surface area (Å²) in [6, 6.07) is 9.54. The Morgan fingerprint density at radius 1 is 1.20 bits per heavy atom. The molecule has 3 rings (SSSR count). The van der Waals surface area contributed by atoms with Crippen LogP contribution in [0.3, 0.4) is 0 Å². The molecule has 0 unspecified atom stereocenters. The molecule has 6 nitrogen and oxygen atoms in total. The van der Waals surface area contributed by atoms with Gasteiger partial charge in [-0.05, 0) is 25.1 Å². The normalized spacial score (nSPS) is 14.8. The van der Waals surface area contributed by atoms with Gasteiger partial charge in [-0.2, -0.15) is 5.10 Å². The molecular weight excluding hydrogens is 342 g/mol. The third-order valence-electron chi connectivity index (χ3n) is 4.27. The van der Waals surface area contributed by atoms with Crippen molar-refractivity contribution in [3.05, 3.63) is 46.2 Å². The lowest BCUT2D eigenvalue weighted by Gasteiger charge is -2.26. The lowest BCUT2D eigenvalue weighted by Crippen LogP contribution is -2.40. The summed E-state index contributed by atoms with van der Waals surface area (Å²) in [5, 5.41) is 4.56. The Bertz CT molecular complexity index is 757. The number of aromatic nitrogens is 2. The summed E-state index contributed by atoms with van der Waals surface area (Å²) in [5.74, 6) is 0.753. The molecule has 2 heterocycles. The number of methoxy groups -OCH3 is 1. The van der Waals surface area contributed by atoms with Crippen LogP contribution in [0.1, 0.15) is 5.56 Å². The molecule has 1 aromatic carbocycles. The van der Waals surface area contributed by atoms with E-state index in [1.54, 1.807) is 11.8 Å². The number of rotatable bonds is 5. The van der Waals surface area contributed by atoms with E-state index < -0.39 is 0 Å². The number of aryl methyl sites for hydroxylation is 1. The molecule has 1 aromatic heterocycles. The van der Waals surface area contributed by atoms with Gasteiger partial charge in [-0.1, -0.05) is 12.1 Å². The first-order valence-corrected chi connectivity index (χ1v) is 8.21. The van der Waals surface area contributed by atoms with Crippen molar-refractivity contribution >= 4 is 12.4 Å². The van der Waals surface area contributed by atoms with Crippen molar-refractivity contribution < 1.29 is 9.47 Å². The SMILES string of the molecule is COc1ccccc1-c1cc(C)c(=O)n(CCN2CCOCC2)n1.Cl. The lowest BCUT2D eigenvalue weighted by atomic mass is 10.1. The average molecular weight is 366 g/mol. The van der Waals surface area contributed by atoms with Crippen LogP contribution < -0.4 is 10.3 Å². The third-order valence-corrected chi connectivity index (χ3v) is 4.27. The monoisotopic (exact) mass is 365 g/mol. The van der Waals surface area contributed by atoms with Crippen LogP contribution in [0.15, 0.2) is 35.1 Å². The number of hydrogen-bond donors (Lipinski definition) is 0. The van der Waals surface area contributed by atoms with E-state index in [0.717, 1.165) is 49.9 Å². The van der Waals surface area contributed by atoms with Crippen LogP contribution >= 0.6 is 12.4 Å². The maximum Gasteiger partial charge on any atom is 0.269 e. The van der Waals surface area contributed by atoms with E-state index in [1.165, 1.54) is 0 Å². The first kappa shape index (κ1) is 19.4. The molecule has 1 aliphatic rings. The fourth-order valence-electron chi connectivity index (χ4n) is 2.88. The number of para-hydroxylation sites is 1. The molecule has 0 amide bonds. The molecular formula is C18H24ClN3O3. The molecule has 1 fully saturated rings. The van der Waals surface area contributed by atoms with Crippen LogP contribution in [0, 0.1) is 6.92 Å². The number of nitrogens with zero attached hydrogens (tertiary/aromatic N) is 3. The third kappa shape index (κ3) is 4.60. The van der Waals surface area contributed by atoms with Crippen LogP contribution in [0.4, 0.5) is 0 Å². The van der Waals surface area contributed by atoms with Gasteiger partial charge < -0.3 is 9.47 Å². The molecule has 0 radical (unpaired) electrons. The molecule has 0 saturated carbocycles. The lowest BCUT2D eigenvalue weighted by molar-refractivity contribution is 0.0358. The van der Waals surface area contributed by atoms with Gasteiger partial charge in [0.15, 0.2) is 0 Å². The van der Waals surface area contributed by atoms with Crippen molar-refractivity contribution in [3.8, 4) is 17.0 Å². The summed E-state index contributed by atoms with van der Waals surface area (Å²) in [6.07, 6.45) is 0. The van der Waals surface area contributed by atoms with Crippen molar-refractivity contribution in [3.63, 3.8) is 0 Å². The van der Waals surface area contributed by atoms with E-state index in [4.69, 9.17) is 9.47 Å². The Kier molecular flexibility index (Phi) is 6.99. The molecule has 0 spiro atoms. The average Bonchev–Trinajstić information content (AvgIpc) is 2.63. The quantitative estimate of drug-likeness (QED) is 0.811. The number of halogens is 1. The minimum absolute atomic E-state index is 0. The summed E-state index contributed by atoms with van der Waals surface area (Å²) in [4.78, 5) is 14.7. The number of morpholine rings is 1. The summed E-state index contributed by atoms with van der Waals surface area (Å²) in [5.41, 5.74) is 2.30. The van der Waals surface area contributed by atoms with Gasteiger partial charge in [-0.25, -0.2) is 4.68 Å². The van der Waals surface area contributed by atoms with Gasteiger partial charge in [0.2, 0.25) is 0 Å². The van der Waals surface area contributed by atoms with Crippen molar-refractivity contribution in [2.75, 3.05) is 40.0 Å². The maximum atomic E-state index is 12.4. The zero-order valence-corrected chi connectivity index (χ0v) is 15.4. The topological polar surface area (TPSA) is 56.6 Å². The molecule has 7 heteroatoms. The van der Waals surface area contributed by atoms with Gasteiger partial charge >= 0.3 is 0 Å². The van der Waals surface area contributed by atoms with Crippen LogP contribution in [0.5, 0.6) is 5.75 Å². The molecule has 2 aromatic rings. The fourth-order valence-corrected chi connectivity index (χ4v) is 2.88. The number of benzene rings is 1. The van der Waals surface area contributed by atoms with Crippen LogP contribution in [0.25, 0.3) is 11.3 Å². The second kappa shape index (κ2) is 8.99. The van der Waals surface area contributed by atoms with E-state index in [2.05, 4.69) is 10.00 Å². The molecule has 0 N–H and O–H groups in total. The highest BCUT2D eigenvalue weighted by Gasteiger charge is 2.13. The zero-order valence-electron chi connectivity index (χ0n) is 14.6. The molecule has 0 bridgehead atoms. The van der Waals surface area contributed by atoms with E-state index in [-0.39, 0.29) is 18.0 Å². The van der Waals surface area contributed by atoms with Gasteiger partial charge in [0, 0.05) is 30.8 Å². The standard InChI is InChI=1S/C18H23N3O3.ClH/c1-14-13-16(15-5-3-4-6-17(15)23-2)19-21(18(14)22)8-7-20-9-11-24-12-10-20;/h3-6,13H,7-12H2,1-2H3;1H. The summed E-state index contributed by atoms with van der Waals surface area (Å²) >= 11 is 0. The van der Waals surface area contributed by atoms with E-state index in [9.17, 15) is 4.79 Å². The molecule has 0 aliphatic carbocycles. The zero-order chi connectivity index (χ0) is 16.9. The minimum atomic E-state index is -0.0399. The Balaban J connectivity index is 0.00000225. The van der Waals surface area contributed by atoms with Gasteiger partial charge in [-0.15, -0.1) is 12.4 Å². The Morgan fingerprint density at radius 3 is 2.64 bits per heavy atom. The summed E-state index contributed by atoms with van der Waals surface area (Å²) < 4.78 is 12.3. The van der Waals surface area contributed by atoms with Gasteiger partial charge in [-0.3, -0.25) is 9.69 Å². The van der Waals surface area contributed by atoms with E-state index in [0.29, 0.717) is 12.1 Å². The second-order valence-electron chi connectivity index (χ2n) is 5.90. The van der Waals surface area contributed by atoms with Crippen LogP contribution in [-0.4, -0.2) is 54.6 Å². The van der Waals surface area contributed by atoms with Crippen LogP contribution in [0.2, 0.25) is 0 Å². The summed E-state index contributed by atoms with van der Waals surface area (Å²) in [6.45, 7) is 6.51. The molecule has 136 valence electrons. The summed E-state index contributed by atoms with van der Waals surface area (Å²) in [7, 11) is 1.64. The van der Waals surface area contributed by atoms with Crippen molar-refractivity contribution in [1.29, 1.82) is 0 Å². The Morgan fingerprint density at radius 2 is 1.92 bits per heavy atom. The highest BCUT2D eigenvalue weighted by atomic mass is 35.5. The smallest absolute Gasteiger partial charge is 0.269 e. The van der Waals surface area contributed by atoms with Crippen molar-refractivity contribution in [1.82, 2.24) is 14.7 Å². The van der Waals surface area contributed by atoms with Crippen LogP contribution in [-0.2, 0) is 11.3 Å². The molecule has 25 heavy (non-hydrogen) atoms. The first-order chi connectivity index (χ1) is 11.7. The van der Waals surface area contributed by atoms with E-state index in [1.807, 2.05) is 37.3 Å². The molecule has 0 atom stereocenters. The number of hydrogen-bond acceptors (Lipinski definition) is 5. The largest absolute Gasteiger partial charge is 0.496 e. The second-order valence-corrected chi connectivity index (χ2v) is 5.90. The Hall–Kier alpha value is -1.89. The molecule has 1 aliphatic heterocycles.